The smallest absolute Gasteiger partial charge is 0.231 e. The van der Waals surface area contributed by atoms with Gasteiger partial charge in [0.2, 0.25) is 16.9 Å². The predicted octanol–water partition coefficient (Wildman–Crippen LogP) is 3.12. The number of benzene rings is 2. The van der Waals surface area contributed by atoms with Crippen molar-refractivity contribution in [1.82, 2.24) is 10.2 Å². The first-order valence-corrected chi connectivity index (χ1v) is 10.2. The Morgan fingerprint density at radius 3 is 2.73 bits per heavy atom. The number of carbonyl (C=O) groups is 2. The number of amides is 2. The van der Waals surface area contributed by atoms with Crippen LogP contribution in [0.3, 0.4) is 0 Å². The third-order valence-electron chi connectivity index (χ3n) is 4.67. The number of rotatable bonds is 7. The van der Waals surface area contributed by atoms with Crippen molar-refractivity contribution in [2.75, 3.05) is 23.9 Å². The van der Waals surface area contributed by atoms with Crippen LogP contribution in [0.1, 0.15) is 11.4 Å². The second-order valence-corrected chi connectivity index (χ2v) is 7.73. The van der Waals surface area contributed by atoms with E-state index in [9.17, 15) is 9.59 Å². The van der Waals surface area contributed by atoms with Crippen molar-refractivity contribution in [3.8, 4) is 11.5 Å². The molecule has 2 amide bonds. The molecule has 0 unspecified atom stereocenters. The Hall–Kier alpha value is -3.46. The number of aromatic nitrogens is 2. The Morgan fingerprint density at radius 2 is 1.93 bits per heavy atom. The average molecular weight is 424 g/mol. The lowest BCUT2D eigenvalue weighted by Crippen LogP contribution is -2.28. The molecule has 8 nitrogen and oxygen atoms in total. The Labute approximate surface area is 177 Å². The summed E-state index contributed by atoms with van der Waals surface area (Å²) in [6.07, 6.45) is 0.132. The van der Waals surface area contributed by atoms with E-state index >= 15 is 0 Å². The minimum Gasteiger partial charge on any atom is -0.495 e. The lowest BCUT2D eigenvalue weighted by atomic mass is 10.1. The van der Waals surface area contributed by atoms with E-state index in [0.717, 1.165) is 5.75 Å². The SMILES string of the molecule is COc1ccccc1N1C[C@@H](C(=O)Nc2nnc(COc3ccccc3)s2)CC1=O. The van der Waals surface area contributed by atoms with Crippen molar-refractivity contribution in [3.05, 3.63) is 59.6 Å². The minimum atomic E-state index is -0.477. The maximum absolute atomic E-state index is 12.7. The number of nitrogens with one attached hydrogen (secondary N) is 1. The molecule has 2 aromatic carbocycles. The quantitative estimate of drug-likeness (QED) is 0.626. The first-order chi connectivity index (χ1) is 14.6. The summed E-state index contributed by atoms with van der Waals surface area (Å²) in [5, 5.41) is 11.8. The number of para-hydroxylation sites is 3. The molecule has 1 aliphatic heterocycles. The minimum absolute atomic E-state index is 0.117. The fraction of sp³-hybridized carbons (Fsp3) is 0.238. The monoisotopic (exact) mass is 424 g/mol. The largest absolute Gasteiger partial charge is 0.495 e. The van der Waals surface area contributed by atoms with E-state index in [2.05, 4.69) is 15.5 Å². The molecule has 0 radical (unpaired) electrons. The van der Waals surface area contributed by atoms with Gasteiger partial charge in [0, 0.05) is 13.0 Å². The number of hydrogen-bond acceptors (Lipinski definition) is 7. The standard InChI is InChI=1S/C21H20N4O4S/c1-28-17-10-6-5-9-16(17)25-12-14(11-19(25)26)20(27)22-21-24-23-18(30-21)13-29-15-7-3-2-4-8-15/h2-10,14H,11-13H2,1H3,(H,22,24,27)/t14-/m0/s1. The Bertz CT molecular complexity index is 1040. The van der Waals surface area contributed by atoms with Crippen LogP contribution in [0.4, 0.5) is 10.8 Å². The highest BCUT2D eigenvalue weighted by molar-refractivity contribution is 7.15. The van der Waals surface area contributed by atoms with Gasteiger partial charge in [0.15, 0.2) is 5.01 Å². The van der Waals surface area contributed by atoms with Gasteiger partial charge in [-0.3, -0.25) is 9.59 Å². The van der Waals surface area contributed by atoms with Gasteiger partial charge in [-0.25, -0.2) is 0 Å². The molecule has 30 heavy (non-hydrogen) atoms. The van der Waals surface area contributed by atoms with Crippen LogP contribution in [0.5, 0.6) is 11.5 Å². The third kappa shape index (κ3) is 4.41. The van der Waals surface area contributed by atoms with Crippen LogP contribution in [0.15, 0.2) is 54.6 Å². The van der Waals surface area contributed by atoms with Gasteiger partial charge >= 0.3 is 0 Å². The van der Waals surface area contributed by atoms with E-state index in [1.807, 2.05) is 42.5 Å². The van der Waals surface area contributed by atoms with Gasteiger partial charge in [-0.2, -0.15) is 0 Å². The molecule has 154 valence electrons. The van der Waals surface area contributed by atoms with Gasteiger partial charge < -0.3 is 19.7 Å². The van der Waals surface area contributed by atoms with Crippen LogP contribution in [0.2, 0.25) is 0 Å². The summed E-state index contributed by atoms with van der Waals surface area (Å²) in [5.41, 5.74) is 0.663. The molecule has 4 rings (SSSR count). The van der Waals surface area contributed by atoms with Gasteiger partial charge in [0.05, 0.1) is 18.7 Å². The first-order valence-electron chi connectivity index (χ1n) is 9.38. The molecule has 0 aliphatic carbocycles. The molecule has 9 heteroatoms. The van der Waals surface area contributed by atoms with E-state index < -0.39 is 5.92 Å². The number of carbonyl (C=O) groups excluding carboxylic acids is 2. The molecule has 1 N–H and O–H groups in total. The zero-order chi connectivity index (χ0) is 20.9. The molecule has 3 aromatic rings. The number of methoxy groups -OCH3 is 1. The summed E-state index contributed by atoms with van der Waals surface area (Å²) < 4.78 is 11.0. The Balaban J connectivity index is 1.35. The first kappa shape index (κ1) is 19.8. The van der Waals surface area contributed by atoms with Gasteiger partial charge in [-0.15, -0.1) is 10.2 Å². The molecule has 0 saturated carbocycles. The number of ether oxygens (including phenoxy) is 2. The Morgan fingerprint density at radius 1 is 1.17 bits per heavy atom. The normalized spacial score (nSPS) is 15.8. The molecule has 1 atom stereocenters. The van der Waals surface area contributed by atoms with Crippen molar-refractivity contribution >= 4 is 34.0 Å². The van der Waals surface area contributed by atoms with Crippen LogP contribution in [0, 0.1) is 5.92 Å². The molecular formula is C21H20N4O4S. The van der Waals surface area contributed by atoms with Crippen LogP contribution in [0.25, 0.3) is 0 Å². The van der Waals surface area contributed by atoms with Crippen LogP contribution in [-0.2, 0) is 16.2 Å². The average Bonchev–Trinajstić information content (AvgIpc) is 3.39. The fourth-order valence-corrected chi connectivity index (χ4v) is 3.86. The fourth-order valence-electron chi connectivity index (χ4n) is 3.20. The highest BCUT2D eigenvalue weighted by Crippen LogP contribution is 2.33. The molecule has 0 spiro atoms. The van der Waals surface area contributed by atoms with E-state index in [0.29, 0.717) is 21.6 Å². The number of nitrogens with zero attached hydrogens (tertiary/aromatic N) is 3. The highest BCUT2D eigenvalue weighted by atomic mass is 32.1. The molecule has 1 saturated heterocycles. The third-order valence-corrected chi connectivity index (χ3v) is 5.49. The van der Waals surface area contributed by atoms with Gasteiger partial charge in [-0.1, -0.05) is 41.7 Å². The van der Waals surface area contributed by atoms with Crippen molar-refractivity contribution in [2.45, 2.75) is 13.0 Å². The summed E-state index contributed by atoms with van der Waals surface area (Å²) in [7, 11) is 1.55. The molecule has 2 heterocycles. The van der Waals surface area contributed by atoms with E-state index in [4.69, 9.17) is 9.47 Å². The van der Waals surface area contributed by atoms with Gasteiger partial charge in [-0.05, 0) is 24.3 Å². The molecule has 1 fully saturated rings. The zero-order valence-corrected chi connectivity index (χ0v) is 17.1. The molecule has 0 bridgehead atoms. The van der Waals surface area contributed by atoms with Crippen LogP contribution >= 0.6 is 11.3 Å². The van der Waals surface area contributed by atoms with Crippen LogP contribution < -0.4 is 19.7 Å². The van der Waals surface area contributed by atoms with Gasteiger partial charge in [0.25, 0.3) is 0 Å². The van der Waals surface area contributed by atoms with E-state index in [-0.39, 0.29) is 31.4 Å². The van der Waals surface area contributed by atoms with E-state index in [1.165, 1.54) is 11.3 Å². The number of anilines is 2. The molecule has 1 aliphatic rings. The van der Waals surface area contributed by atoms with Gasteiger partial charge in [0.1, 0.15) is 18.1 Å². The second kappa shape index (κ2) is 8.91. The molecule has 1 aromatic heterocycles. The predicted molar refractivity (Wildman–Crippen MR) is 113 cm³/mol. The Kier molecular flexibility index (Phi) is 5.89. The van der Waals surface area contributed by atoms with Crippen LogP contribution in [-0.4, -0.2) is 35.7 Å². The summed E-state index contributed by atoms with van der Waals surface area (Å²) in [6, 6.07) is 16.7. The topological polar surface area (TPSA) is 93.7 Å². The van der Waals surface area contributed by atoms with Crippen molar-refractivity contribution in [3.63, 3.8) is 0 Å². The maximum atomic E-state index is 12.7. The molecular weight excluding hydrogens is 404 g/mol. The maximum Gasteiger partial charge on any atom is 0.231 e. The van der Waals surface area contributed by atoms with E-state index in [1.54, 1.807) is 24.1 Å². The van der Waals surface area contributed by atoms with Crippen molar-refractivity contribution in [2.24, 2.45) is 5.92 Å². The lowest BCUT2D eigenvalue weighted by molar-refractivity contribution is -0.122. The number of hydrogen-bond donors (Lipinski definition) is 1. The summed E-state index contributed by atoms with van der Waals surface area (Å²) in [4.78, 5) is 26.7. The van der Waals surface area contributed by atoms with Crippen molar-refractivity contribution in [1.29, 1.82) is 0 Å². The second-order valence-electron chi connectivity index (χ2n) is 6.67. The summed E-state index contributed by atoms with van der Waals surface area (Å²) in [6.45, 7) is 0.550. The zero-order valence-electron chi connectivity index (χ0n) is 16.3. The summed E-state index contributed by atoms with van der Waals surface area (Å²) in [5.74, 6) is 0.481. The highest BCUT2D eigenvalue weighted by Gasteiger charge is 2.36. The summed E-state index contributed by atoms with van der Waals surface area (Å²) >= 11 is 1.25. The lowest BCUT2D eigenvalue weighted by Gasteiger charge is -2.19. The van der Waals surface area contributed by atoms with Crippen molar-refractivity contribution < 1.29 is 19.1 Å².